The lowest BCUT2D eigenvalue weighted by Crippen LogP contribution is -2.18. The van der Waals surface area contributed by atoms with Crippen LogP contribution in [-0.4, -0.2) is 0 Å². The zero-order chi connectivity index (χ0) is 13.8. The summed E-state index contributed by atoms with van der Waals surface area (Å²) in [5.74, 6) is -0.454. The Morgan fingerprint density at radius 2 is 1.74 bits per heavy atom. The highest BCUT2D eigenvalue weighted by atomic mass is 19.1. The summed E-state index contributed by atoms with van der Waals surface area (Å²) in [7, 11) is 0. The van der Waals surface area contributed by atoms with E-state index < -0.39 is 0 Å². The largest absolute Gasteiger partial charge is 0.306 e. The second kappa shape index (κ2) is 5.93. The number of rotatable bonds is 4. The molecule has 0 fully saturated rings. The average Bonchev–Trinajstić information content (AvgIpc) is 2.40. The van der Waals surface area contributed by atoms with Gasteiger partial charge in [-0.05, 0) is 37.6 Å². The molecule has 0 saturated carbocycles. The number of halogens is 2. The maximum absolute atomic E-state index is 13.6. The quantitative estimate of drug-likeness (QED) is 0.872. The monoisotopic (exact) mass is 261 g/mol. The van der Waals surface area contributed by atoms with Gasteiger partial charge in [0, 0.05) is 18.2 Å². The molecule has 0 aliphatic carbocycles. The molecule has 0 aromatic heterocycles. The smallest absolute Gasteiger partial charge is 0.127 e. The molecule has 2 aromatic rings. The summed E-state index contributed by atoms with van der Waals surface area (Å²) in [5, 5.41) is 3.24. The number of hydrogen-bond acceptors (Lipinski definition) is 1. The van der Waals surface area contributed by atoms with Gasteiger partial charge in [0.05, 0.1) is 0 Å². The first kappa shape index (κ1) is 13.7. The molecule has 0 bridgehead atoms. The predicted octanol–water partition coefficient (Wildman–Crippen LogP) is 4.12. The molecule has 100 valence electrons. The van der Waals surface area contributed by atoms with Crippen molar-refractivity contribution in [3.63, 3.8) is 0 Å². The number of benzene rings is 2. The summed E-state index contributed by atoms with van der Waals surface area (Å²) in [4.78, 5) is 0. The molecule has 0 radical (unpaired) electrons. The van der Waals surface area contributed by atoms with Crippen LogP contribution in [0.1, 0.15) is 29.7 Å². The van der Waals surface area contributed by atoms with Gasteiger partial charge in [-0.2, -0.15) is 0 Å². The first-order valence-electron chi connectivity index (χ1n) is 6.30. The normalized spacial score (nSPS) is 12.4. The van der Waals surface area contributed by atoms with Crippen molar-refractivity contribution in [2.24, 2.45) is 0 Å². The van der Waals surface area contributed by atoms with Gasteiger partial charge in [-0.25, -0.2) is 8.78 Å². The highest BCUT2D eigenvalue weighted by Crippen LogP contribution is 2.15. The first-order chi connectivity index (χ1) is 9.06. The Bertz CT molecular complexity index is 549. The van der Waals surface area contributed by atoms with E-state index in [2.05, 4.69) is 5.32 Å². The molecule has 1 atom stereocenters. The van der Waals surface area contributed by atoms with Crippen LogP contribution >= 0.6 is 0 Å². The molecule has 2 rings (SSSR count). The van der Waals surface area contributed by atoms with Crippen LogP contribution in [0, 0.1) is 18.6 Å². The van der Waals surface area contributed by atoms with Gasteiger partial charge in [-0.1, -0.05) is 29.8 Å². The third-order valence-electron chi connectivity index (χ3n) is 3.17. The molecule has 0 saturated heterocycles. The van der Waals surface area contributed by atoms with Crippen molar-refractivity contribution in [2.45, 2.75) is 26.4 Å². The number of hydrogen-bond donors (Lipinski definition) is 1. The first-order valence-corrected chi connectivity index (χ1v) is 6.30. The third-order valence-corrected chi connectivity index (χ3v) is 3.17. The summed E-state index contributed by atoms with van der Waals surface area (Å²) in [6.07, 6.45) is 0. The van der Waals surface area contributed by atoms with Crippen LogP contribution < -0.4 is 5.32 Å². The van der Waals surface area contributed by atoms with E-state index in [9.17, 15) is 8.78 Å². The van der Waals surface area contributed by atoms with E-state index >= 15 is 0 Å². The Morgan fingerprint density at radius 1 is 1.05 bits per heavy atom. The van der Waals surface area contributed by atoms with Crippen molar-refractivity contribution >= 4 is 0 Å². The SMILES string of the molecule is Cc1ccc(F)c(CN[C@H](C)c2ccc(F)cc2)c1. The topological polar surface area (TPSA) is 12.0 Å². The van der Waals surface area contributed by atoms with Gasteiger partial charge in [0.25, 0.3) is 0 Å². The fourth-order valence-electron chi connectivity index (χ4n) is 1.97. The molecule has 2 aromatic carbocycles. The molecule has 0 unspecified atom stereocenters. The fourth-order valence-corrected chi connectivity index (χ4v) is 1.97. The predicted molar refractivity (Wildman–Crippen MR) is 72.8 cm³/mol. The van der Waals surface area contributed by atoms with E-state index in [4.69, 9.17) is 0 Å². The molecule has 1 N–H and O–H groups in total. The number of aryl methyl sites for hydroxylation is 1. The molecule has 0 heterocycles. The van der Waals surface area contributed by atoms with Crippen LogP contribution in [0.4, 0.5) is 8.78 Å². The highest BCUT2D eigenvalue weighted by Gasteiger charge is 2.07. The lowest BCUT2D eigenvalue weighted by atomic mass is 10.1. The highest BCUT2D eigenvalue weighted by molar-refractivity contribution is 5.25. The Hall–Kier alpha value is -1.74. The maximum atomic E-state index is 13.6. The molecule has 19 heavy (non-hydrogen) atoms. The standard InChI is InChI=1S/C16H17F2N/c1-11-3-8-16(18)14(9-11)10-19-12(2)13-4-6-15(17)7-5-13/h3-9,12,19H,10H2,1-2H3/t12-/m1/s1. The summed E-state index contributed by atoms with van der Waals surface area (Å²) < 4.78 is 26.4. The van der Waals surface area contributed by atoms with Gasteiger partial charge in [-0.15, -0.1) is 0 Å². The molecule has 0 aliphatic rings. The Kier molecular flexibility index (Phi) is 4.27. The van der Waals surface area contributed by atoms with Crippen LogP contribution in [-0.2, 0) is 6.54 Å². The fraction of sp³-hybridized carbons (Fsp3) is 0.250. The third kappa shape index (κ3) is 3.61. The van der Waals surface area contributed by atoms with E-state index in [1.165, 1.54) is 18.2 Å². The summed E-state index contributed by atoms with van der Waals surface area (Å²) >= 11 is 0. The summed E-state index contributed by atoms with van der Waals surface area (Å²) in [5.41, 5.74) is 2.66. The lowest BCUT2D eigenvalue weighted by molar-refractivity contribution is 0.542. The van der Waals surface area contributed by atoms with Crippen LogP contribution in [0.25, 0.3) is 0 Å². The van der Waals surface area contributed by atoms with Crippen molar-refractivity contribution in [1.82, 2.24) is 5.32 Å². The molecule has 0 spiro atoms. The van der Waals surface area contributed by atoms with E-state index in [-0.39, 0.29) is 17.7 Å². The minimum atomic E-state index is -0.249. The van der Waals surface area contributed by atoms with E-state index in [0.717, 1.165) is 11.1 Å². The zero-order valence-corrected chi connectivity index (χ0v) is 11.1. The second-order valence-corrected chi connectivity index (χ2v) is 4.75. The lowest BCUT2D eigenvalue weighted by Gasteiger charge is -2.15. The van der Waals surface area contributed by atoms with E-state index in [1.807, 2.05) is 19.9 Å². The van der Waals surface area contributed by atoms with Crippen molar-refractivity contribution in [1.29, 1.82) is 0 Å². The number of nitrogens with one attached hydrogen (secondary N) is 1. The van der Waals surface area contributed by atoms with E-state index in [1.54, 1.807) is 18.2 Å². The van der Waals surface area contributed by atoms with E-state index in [0.29, 0.717) is 12.1 Å². The molecular weight excluding hydrogens is 244 g/mol. The van der Waals surface area contributed by atoms with Crippen molar-refractivity contribution in [3.05, 3.63) is 70.8 Å². The summed E-state index contributed by atoms with van der Waals surface area (Å²) in [6.45, 7) is 4.36. The Balaban J connectivity index is 2.02. The molecule has 1 nitrogen and oxygen atoms in total. The van der Waals surface area contributed by atoms with Gasteiger partial charge in [0.1, 0.15) is 11.6 Å². The maximum Gasteiger partial charge on any atom is 0.127 e. The van der Waals surface area contributed by atoms with Crippen molar-refractivity contribution in [2.75, 3.05) is 0 Å². The van der Waals surface area contributed by atoms with Crippen LogP contribution in [0.5, 0.6) is 0 Å². The zero-order valence-electron chi connectivity index (χ0n) is 11.1. The Labute approximate surface area is 112 Å². The van der Waals surface area contributed by atoms with Gasteiger partial charge in [0.15, 0.2) is 0 Å². The van der Waals surface area contributed by atoms with Gasteiger partial charge >= 0.3 is 0 Å². The van der Waals surface area contributed by atoms with Crippen molar-refractivity contribution < 1.29 is 8.78 Å². The molecule has 3 heteroatoms. The molecule has 0 aliphatic heterocycles. The molecular formula is C16H17F2N. The minimum absolute atomic E-state index is 0.0421. The second-order valence-electron chi connectivity index (χ2n) is 4.75. The van der Waals surface area contributed by atoms with Crippen LogP contribution in [0.15, 0.2) is 42.5 Å². The molecule has 0 amide bonds. The van der Waals surface area contributed by atoms with Gasteiger partial charge < -0.3 is 5.32 Å². The van der Waals surface area contributed by atoms with Crippen LogP contribution in [0.2, 0.25) is 0 Å². The van der Waals surface area contributed by atoms with Crippen LogP contribution in [0.3, 0.4) is 0 Å². The summed E-state index contributed by atoms with van der Waals surface area (Å²) in [6, 6.07) is 11.4. The Morgan fingerprint density at radius 3 is 2.42 bits per heavy atom. The van der Waals surface area contributed by atoms with Crippen molar-refractivity contribution in [3.8, 4) is 0 Å². The average molecular weight is 261 g/mol. The van der Waals surface area contributed by atoms with Gasteiger partial charge in [0.2, 0.25) is 0 Å². The van der Waals surface area contributed by atoms with Gasteiger partial charge in [-0.3, -0.25) is 0 Å². The minimum Gasteiger partial charge on any atom is -0.306 e.